The van der Waals surface area contributed by atoms with Gasteiger partial charge in [0, 0.05) is 6.54 Å². The summed E-state index contributed by atoms with van der Waals surface area (Å²) in [7, 11) is 1.62. The van der Waals surface area contributed by atoms with E-state index in [4.69, 9.17) is 9.47 Å². The Labute approximate surface area is 139 Å². The van der Waals surface area contributed by atoms with E-state index >= 15 is 0 Å². The van der Waals surface area contributed by atoms with Gasteiger partial charge in [-0.25, -0.2) is 0 Å². The molecule has 0 radical (unpaired) electrons. The van der Waals surface area contributed by atoms with E-state index in [-0.39, 0.29) is 30.4 Å². The normalized spacial score (nSPS) is 19.3. The molecule has 0 spiro atoms. The Bertz CT molecular complexity index is 481. The van der Waals surface area contributed by atoms with Crippen molar-refractivity contribution in [2.24, 2.45) is 0 Å². The Morgan fingerprint density at radius 1 is 1.57 bits per heavy atom. The quantitative estimate of drug-likeness (QED) is 0.840. The standard InChI is InChI=1S/C14H19BrN2O3.ClH/c1-9(10-3-4-13(19-2)11(15)7-10)17-14(18)12-8-20-6-5-16-12;/h3-4,7,9,12,16H,5-6,8H2,1-2H3,(H,17,18);1H. The fourth-order valence-electron chi connectivity index (χ4n) is 2.08. The topological polar surface area (TPSA) is 59.6 Å². The first-order valence-corrected chi connectivity index (χ1v) is 7.36. The van der Waals surface area contributed by atoms with Crippen molar-refractivity contribution in [1.82, 2.24) is 10.6 Å². The van der Waals surface area contributed by atoms with Crippen LogP contribution in [0.25, 0.3) is 0 Å². The molecule has 2 unspecified atom stereocenters. The molecule has 0 aromatic heterocycles. The summed E-state index contributed by atoms with van der Waals surface area (Å²) in [5.74, 6) is 0.735. The first-order valence-electron chi connectivity index (χ1n) is 6.56. The molecule has 2 atom stereocenters. The van der Waals surface area contributed by atoms with Crippen LogP contribution < -0.4 is 15.4 Å². The van der Waals surface area contributed by atoms with Crippen LogP contribution in [-0.4, -0.2) is 38.8 Å². The van der Waals surface area contributed by atoms with Crippen molar-refractivity contribution >= 4 is 34.2 Å². The van der Waals surface area contributed by atoms with E-state index in [1.807, 2.05) is 25.1 Å². The SMILES string of the molecule is COc1ccc(C(C)NC(=O)C2COCCN2)cc1Br.Cl. The highest BCUT2D eigenvalue weighted by molar-refractivity contribution is 9.10. The van der Waals surface area contributed by atoms with Gasteiger partial charge >= 0.3 is 0 Å². The number of rotatable bonds is 4. The van der Waals surface area contributed by atoms with Gasteiger partial charge in [-0.05, 0) is 40.5 Å². The average molecular weight is 380 g/mol. The van der Waals surface area contributed by atoms with E-state index in [0.717, 1.165) is 15.8 Å². The molecule has 0 aliphatic carbocycles. The van der Waals surface area contributed by atoms with Crippen LogP contribution in [0.2, 0.25) is 0 Å². The summed E-state index contributed by atoms with van der Waals surface area (Å²) in [6.07, 6.45) is 0. The second-order valence-electron chi connectivity index (χ2n) is 4.71. The number of hydrogen-bond donors (Lipinski definition) is 2. The second kappa shape index (κ2) is 8.58. The molecule has 0 bridgehead atoms. The number of halogens is 2. The van der Waals surface area contributed by atoms with Crippen LogP contribution in [0.15, 0.2) is 22.7 Å². The van der Waals surface area contributed by atoms with Gasteiger partial charge in [0.25, 0.3) is 0 Å². The smallest absolute Gasteiger partial charge is 0.240 e. The van der Waals surface area contributed by atoms with E-state index in [2.05, 4.69) is 26.6 Å². The molecule has 21 heavy (non-hydrogen) atoms. The van der Waals surface area contributed by atoms with Crippen LogP contribution in [0.3, 0.4) is 0 Å². The molecule has 1 amide bonds. The minimum atomic E-state index is -0.270. The van der Waals surface area contributed by atoms with Gasteiger partial charge < -0.3 is 20.1 Å². The van der Waals surface area contributed by atoms with Gasteiger partial charge in [-0.3, -0.25) is 4.79 Å². The fourth-order valence-corrected chi connectivity index (χ4v) is 2.64. The molecule has 0 saturated carbocycles. The van der Waals surface area contributed by atoms with Crippen molar-refractivity contribution in [1.29, 1.82) is 0 Å². The number of morpholine rings is 1. The molecule has 1 aliphatic heterocycles. The maximum Gasteiger partial charge on any atom is 0.240 e. The van der Waals surface area contributed by atoms with E-state index in [1.165, 1.54) is 0 Å². The van der Waals surface area contributed by atoms with Gasteiger partial charge in [-0.2, -0.15) is 0 Å². The molecule has 7 heteroatoms. The molecule has 1 heterocycles. The highest BCUT2D eigenvalue weighted by Gasteiger charge is 2.22. The summed E-state index contributed by atoms with van der Waals surface area (Å²) < 4.78 is 11.4. The van der Waals surface area contributed by atoms with E-state index < -0.39 is 0 Å². The van der Waals surface area contributed by atoms with Gasteiger partial charge in [0.2, 0.25) is 5.91 Å². The van der Waals surface area contributed by atoms with Crippen LogP contribution >= 0.6 is 28.3 Å². The number of amides is 1. The molecular weight excluding hydrogens is 360 g/mol. The van der Waals surface area contributed by atoms with Crippen molar-refractivity contribution in [3.05, 3.63) is 28.2 Å². The summed E-state index contributed by atoms with van der Waals surface area (Å²) in [6.45, 7) is 3.74. The lowest BCUT2D eigenvalue weighted by molar-refractivity contribution is -0.126. The first-order chi connectivity index (χ1) is 9.61. The Morgan fingerprint density at radius 3 is 2.90 bits per heavy atom. The number of carbonyl (C=O) groups excluding carboxylic acids is 1. The highest BCUT2D eigenvalue weighted by Crippen LogP contribution is 2.27. The average Bonchev–Trinajstić information content (AvgIpc) is 2.48. The van der Waals surface area contributed by atoms with E-state index in [9.17, 15) is 4.79 Å². The van der Waals surface area contributed by atoms with E-state index in [1.54, 1.807) is 7.11 Å². The maximum atomic E-state index is 12.1. The minimum Gasteiger partial charge on any atom is -0.496 e. The van der Waals surface area contributed by atoms with Crippen LogP contribution in [0.4, 0.5) is 0 Å². The number of ether oxygens (including phenoxy) is 2. The number of benzene rings is 1. The van der Waals surface area contributed by atoms with Crippen molar-refractivity contribution in [2.45, 2.75) is 19.0 Å². The van der Waals surface area contributed by atoms with Gasteiger partial charge in [-0.1, -0.05) is 6.07 Å². The van der Waals surface area contributed by atoms with Gasteiger partial charge in [0.15, 0.2) is 0 Å². The Balaban J connectivity index is 0.00000220. The lowest BCUT2D eigenvalue weighted by Gasteiger charge is -2.25. The van der Waals surface area contributed by atoms with Crippen LogP contribution in [0.5, 0.6) is 5.75 Å². The monoisotopic (exact) mass is 378 g/mol. The first kappa shape index (κ1) is 18.2. The summed E-state index contributed by atoms with van der Waals surface area (Å²) >= 11 is 3.45. The molecule has 1 saturated heterocycles. The summed E-state index contributed by atoms with van der Waals surface area (Å²) in [4.78, 5) is 12.1. The molecule has 2 N–H and O–H groups in total. The third-order valence-corrected chi connectivity index (χ3v) is 3.89. The lowest BCUT2D eigenvalue weighted by atomic mass is 10.1. The zero-order valence-electron chi connectivity index (χ0n) is 12.0. The predicted molar refractivity (Wildman–Crippen MR) is 87.1 cm³/mol. The summed E-state index contributed by atoms with van der Waals surface area (Å²) in [5, 5.41) is 6.13. The lowest BCUT2D eigenvalue weighted by Crippen LogP contribution is -2.51. The van der Waals surface area contributed by atoms with Crippen molar-refractivity contribution < 1.29 is 14.3 Å². The zero-order chi connectivity index (χ0) is 14.5. The van der Waals surface area contributed by atoms with Crippen LogP contribution in [-0.2, 0) is 9.53 Å². The van der Waals surface area contributed by atoms with Gasteiger partial charge in [0.1, 0.15) is 11.8 Å². The highest BCUT2D eigenvalue weighted by atomic mass is 79.9. The maximum absolute atomic E-state index is 12.1. The molecule has 2 rings (SSSR count). The summed E-state index contributed by atoms with van der Waals surface area (Å²) in [6, 6.07) is 5.43. The van der Waals surface area contributed by atoms with Crippen molar-refractivity contribution in [2.75, 3.05) is 26.9 Å². The Kier molecular flexibility index (Phi) is 7.45. The fraction of sp³-hybridized carbons (Fsp3) is 0.500. The molecular formula is C14H20BrClN2O3. The zero-order valence-corrected chi connectivity index (χ0v) is 14.4. The largest absolute Gasteiger partial charge is 0.496 e. The predicted octanol–water partition coefficient (Wildman–Crippen LogP) is 2.05. The number of carbonyl (C=O) groups is 1. The Hall–Kier alpha value is -0.820. The molecule has 1 fully saturated rings. The molecule has 5 nitrogen and oxygen atoms in total. The molecule has 1 aromatic carbocycles. The molecule has 118 valence electrons. The van der Waals surface area contributed by atoms with Gasteiger partial charge in [0.05, 0.1) is 30.8 Å². The van der Waals surface area contributed by atoms with Gasteiger partial charge in [-0.15, -0.1) is 12.4 Å². The third kappa shape index (κ3) is 4.85. The van der Waals surface area contributed by atoms with Crippen molar-refractivity contribution in [3.8, 4) is 5.75 Å². The van der Waals surface area contributed by atoms with Crippen molar-refractivity contribution in [3.63, 3.8) is 0 Å². The summed E-state index contributed by atoms with van der Waals surface area (Å²) in [5.41, 5.74) is 1.02. The van der Waals surface area contributed by atoms with Crippen LogP contribution in [0.1, 0.15) is 18.5 Å². The van der Waals surface area contributed by atoms with E-state index in [0.29, 0.717) is 19.8 Å². The molecule has 1 aliphatic rings. The number of nitrogens with one attached hydrogen (secondary N) is 2. The second-order valence-corrected chi connectivity index (χ2v) is 5.56. The third-order valence-electron chi connectivity index (χ3n) is 3.27. The minimum absolute atomic E-state index is 0. The molecule has 1 aromatic rings. The number of hydrogen-bond acceptors (Lipinski definition) is 4. The number of methoxy groups -OCH3 is 1. The Morgan fingerprint density at radius 2 is 2.33 bits per heavy atom. The van der Waals surface area contributed by atoms with Crippen LogP contribution in [0, 0.1) is 0 Å².